The van der Waals surface area contributed by atoms with E-state index in [1.54, 1.807) is 0 Å². The van der Waals surface area contributed by atoms with Gasteiger partial charge in [0.1, 0.15) is 11.4 Å². The largest absolute Gasteiger partial charge is 0.433 e. The van der Waals surface area contributed by atoms with Gasteiger partial charge in [0.05, 0.1) is 22.9 Å². The van der Waals surface area contributed by atoms with Crippen molar-refractivity contribution in [2.24, 2.45) is 5.92 Å². The third kappa shape index (κ3) is 5.33. The lowest BCUT2D eigenvalue weighted by atomic mass is 9.84. The van der Waals surface area contributed by atoms with E-state index >= 15 is 0 Å². The molecule has 1 atom stereocenters. The van der Waals surface area contributed by atoms with Crippen LogP contribution in [0.2, 0.25) is 0 Å². The topological polar surface area (TPSA) is 63.1 Å². The highest BCUT2D eigenvalue weighted by Crippen LogP contribution is 2.38. The van der Waals surface area contributed by atoms with Crippen LogP contribution in [-0.4, -0.2) is 37.7 Å². The third-order valence-electron chi connectivity index (χ3n) is 7.37. The van der Waals surface area contributed by atoms with Crippen LogP contribution < -0.4 is 10.2 Å². The van der Waals surface area contributed by atoms with Crippen molar-refractivity contribution in [3.63, 3.8) is 0 Å². The summed E-state index contributed by atoms with van der Waals surface area (Å²) in [4.78, 5) is 18.7. The Labute approximate surface area is 221 Å². The summed E-state index contributed by atoms with van der Waals surface area (Å²) < 4.78 is 42.1. The van der Waals surface area contributed by atoms with Gasteiger partial charge in [-0.15, -0.1) is 0 Å². The van der Waals surface area contributed by atoms with E-state index in [1.807, 2.05) is 18.3 Å². The van der Waals surface area contributed by atoms with Crippen LogP contribution >= 0.6 is 22.6 Å². The van der Waals surface area contributed by atoms with E-state index in [0.717, 1.165) is 67.3 Å². The summed E-state index contributed by atoms with van der Waals surface area (Å²) in [6.07, 6.45) is 4.08. The van der Waals surface area contributed by atoms with Crippen LogP contribution in [0.15, 0.2) is 36.5 Å². The Balaban J connectivity index is 1.44. The molecular formula is C26H29F3IN5O. The van der Waals surface area contributed by atoms with Gasteiger partial charge in [-0.2, -0.15) is 18.3 Å². The number of pyridine rings is 1. The molecule has 1 saturated heterocycles. The Morgan fingerprint density at radius 3 is 2.53 bits per heavy atom. The fourth-order valence-electron chi connectivity index (χ4n) is 5.32. The fraction of sp³-hybridized carbons (Fsp3) is 0.500. The highest BCUT2D eigenvalue weighted by Gasteiger charge is 2.33. The van der Waals surface area contributed by atoms with Gasteiger partial charge in [0.25, 0.3) is 5.91 Å². The van der Waals surface area contributed by atoms with E-state index < -0.39 is 17.8 Å². The van der Waals surface area contributed by atoms with Crippen molar-refractivity contribution in [1.82, 2.24) is 14.8 Å². The van der Waals surface area contributed by atoms with Crippen LogP contribution in [-0.2, 0) is 6.18 Å². The van der Waals surface area contributed by atoms with E-state index in [-0.39, 0.29) is 5.69 Å². The second kappa shape index (κ2) is 10.2. The second-order valence-electron chi connectivity index (χ2n) is 9.84. The normalized spacial score (nSPS) is 21.6. The predicted octanol–water partition coefficient (Wildman–Crippen LogP) is 6.86. The Morgan fingerprint density at radius 2 is 1.86 bits per heavy atom. The minimum atomic E-state index is -4.61. The van der Waals surface area contributed by atoms with Crippen molar-refractivity contribution in [1.29, 1.82) is 0 Å². The van der Waals surface area contributed by atoms with Crippen molar-refractivity contribution < 1.29 is 18.0 Å². The lowest BCUT2D eigenvalue weighted by molar-refractivity contribution is -0.141. The molecule has 1 N–H and O–H groups in total. The molecule has 1 saturated carbocycles. The molecule has 0 spiro atoms. The summed E-state index contributed by atoms with van der Waals surface area (Å²) in [5.74, 6) is 0.0828. The molecule has 2 fully saturated rings. The number of benzene rings is 1. The molecule has 0 bridgehead atoms. The van der Waals surface area contributed by atoms with Crippen LogP contribution in [0.3, 0.4) is 0 Å². The van der Waals surface area contributed by atoms with Gasteiger partial charge in [0.15, 0.2) is 0 Å². The zero-order valence-electron chi connectivity index (χ0n) is 20.1. The summed E-state index contributed by atoms with van der Waals surface area (Å²) in [6, 6.07) is 7.59. The quantitative estimate of drug-likeness (QED) is 0.253. The number of anilines is 2. The van der Waals surface area contributed by atoms with Crippen molar-refractivity contribution >= 4 is 50.8 Å². The number of nitrogens with one attached hydrogen (secondary N) is 1. The molecule has 3 heterocycles. The maximum absolute atomic E-state index is 13.1. The SMILES string of the molecule is CC(I)[C@H]1CC[C@H](n2cc3cc(NC(=O)c4cccc(C(F)(F)F)n4)c(N4CCCC4)cc3n2)CC1. The van der Waals surface area contributed by atoms with Crippen LogP contribution in [0.4, 0.5) is 24.5 Å². The van der Waals surface area contributed by atoms with Crippen molar-refractivity contribution in [3.8, 4) is 0 Å². The number of hydrogen-bond acceptors (Lipinski definition) is 4. The zero-order valence-corrected chi connectivity index (χ0v) is 22.2. The first-order valence-electron chi connectivity index (χ1n) is 12.5. The van der Waals surface area contributed by atoms with E-state index in [4.69, 9.17) is 5.10 Å². The first-order valence-corrected chi connectivity index (χ1v) is 13.7. The smallest absolute Gasteiger partial charge is 0.370 e. The molecule has 36 heavy (non-hydrogen) atoms. The Bertz CT molecular complexity index is 1240. The lowest BCUT2D eigenvalue weighted by Crippen LogP contribution is -2.22. The number of carbonyl (C=O) groups is 1. The van der Waals surface area contributed by atoms with Gasteiger partial charge in [0.2, 0.25) is 0 Å². The fourth-order valence-corrected chi connectivity index (χ4v) is 6.04. The number of alkyl halides is 4. The molecule has 3 aromatic rings. The molecule has 5 rings (SSSR count). The Morgan fingerprint density at radius 1 is 1.14 bits per heavy atom. The molecule has 1 unspecified atom stereocenters. The molecule has 2 aromatic heterocycles. The number of hydrogen-bond donors (Lipinski definition) is 1. The highest BCUT2D eigenvalue weighted by atomic mass is 127. The molecule has 0 radical (unpaired) electrons. The van der Waals surface area contributed by atoms with Gasteiger partial charge in [-0.1, -0.05) is 35.6 Å². The predicted molar refractivity (Wildman–Crippen MR) is 143 cm³/mol. The number of carbonyl (C=O) groups excluding carboxylic acids is 1. The maximum Gasteiger partial charge on any atom is 0.433 e. The summed E-state index contributed by atoms with van der Waals surface area (Å²) in [7, 11) is 0. The Hall–Kier alpha value is -2.37. The monoisotopic (exact) mass is 611 g/mol. The van der Waals surface area contributed by atoms with Gasteiger partial charge in [-0.25, -0.2) is 4.98 Å². The maximum atomic E-state index is 13.1. The number of fused-ring (bicyclic) bond motifs is 1. The van der Waals surface area contributed by atoms with Gasteiger partial charge >= 0.3 is 6.18 Å². The standard InChI is InChI=1S/C26H29F3IN5O/c1-16(30)17-7-9-19(10-8-17)35-15-18-13-22(23(14-21(18)33-35)34-11-2-3-12-34)32-25(36)20-5-4-6-24(31-20)26(27,28)29/h4-6,13-17,19H,2-3,7-12H2,1H3,(H,32,36)/t16?,17-,19-. The van der Waals surface area contributed by atoms with E-state index in [1.165, 1.54) is 25.0 Å². The minimum Gasteiger partial charge on any atom is -0.370 e. The Kier molecular flexibility index (Phi) is 7.15. The zero-order chi connectivity index (χ0) is 25.4. The number of rotatable bonds is 5. The van der Waals surface area contributed by atoms with E-state index in [0.29, 0.717) is 15.7 Å². The third-order valence-corrected chi connectivity index (χ3v) is 8.39. The first kappa shape index (κ1) is 25.3. The second-order valence-corrected chi connectivity index (χ2v) is 11.8. The number of amides is 1. The molecule has 1 aromatic carbocycles. The van der Waals surface area contributed by atoms with Crippen molar-refractivity contribution in [3.05, 3.63) is 47.9 Å². The van der Waals surface area contributed by atoms with Crippen LogP contribution in [0.5, 0.6) is 0 Å². The molecule has 6 nitrogen and oxygen atoms in total. The summed E-state index contributed by atoms with van der Waals surface area (Å²) in [5.41, 5.74) is 0.910. The van der Waals surface area contributed by atoms with Gasteiger partial charge in [-0.05, 0) is 68.7 Å². The van der Waals surface area contributed by atoms with Gasteiger partial charge in [-0.3, -0.25) is 9.48 Å². The minimum absolute atomic E-state index is 0.269. The number of aromatic nitrogens is 3. The molecular weight excluding hydrogens is 582 g/mol. The molecule has 1 aliphatic heterocycles. The molecule has 192 valence electrons. The highest BCUT2D eigenvalue weighted by molar-refractivity contribution is 14.1. The molecule has 10 heteroatoms. The van der Waals surface area contributed by atoms with Crippen molar-refractivity contribution in [2.75, 3.05) is 23.3 Å². The van der Waals surface area contributed by atoms with E-state index in [2.05, 4.69) is 49.4 Å². The number of nitrogens with zero attached hydrogens (tertiary/aromatic N) is 4. The van der Waals surface area contributed by atoms with Crippen LogP contribution in [0.1, 0.15) is 67.7 Å². The van der Waals surface area contributed by atoms with Crippen molar-refractivity contribution in [2.45, 2.75) is 61.6 Å². The number of halogens is 4. The molecule has 1 aliphatic carbocycles. The summed E-state index contributed by atoms with van der Waals surface area (Å²) >= 11 is 2.52. The molecule has 1 amide bonds. The van der Waals surface area contributed by atoms with Gasteiger partial charge < -0.3 is 10.2 Å². The lowest BCUT2D eigenvalue weighted by Gasteiger charge is -2.30. The summed E-state index contributed by atoms with van der Waals surface area (Å²) in [5, 5.41) is 8.62. The van der Waals surface area contributed by atoms with Crippen LogP contribution in [0.25, 0.3) is 10.9 Å². The average molecular weight is 611 g/mol. The van der Waals surface area contributed by atoms with Gasteiger partial charge in [0, 0.05) is 28.6 Å². The summed E-state index contributed by atoms with van der Waals surface area (Å²) in [6.45, 7) is 3.99. The molecule has 2 aliphatic rings. The van der Waals surface area contributed by atoms with E-state index in [9.17, 15) is 18.0 Å². The average Bonchev–Trinajstić information content (AvgIpc) is 3.53. The first-order chi connectivity index (χ1) is 17.2. The van der Waals surface area contributed by atoms with Crippen LogP contribution in [0, 0.1) is 5.92 Å².